The third kappa shape index (κ3) is 32.1. The molecule has 1 aliphatic rings. The first kappa shape index (κ1) is 95.8. The summed E-state index contributed by atoms with van der Waals surface area (Å²) in [5.41, 5.74) is 17.3. The van der Waals surface area contributed by atoms with E-state index in [0.29, 0.717) is 34.2 Å². The van der Waals surface area contributed by atoms with E-state index in [-0.39, 0.29) is 12.8 Å². The Balaban J connectivity index is 2.26. The molecule has 14 atom stereocenters. The van der Waals surface area contributed by atoms with E-state index in [0.717, 1.165) is 60.1 Å². The zero-order valence-electron chi connectivity index (χ0n) is 63.6. The molecule has 1 fully saturated rings. The van der Waals surface area contributed by atoms with Crippen LogP contribution in [0, 0.1) is 5.92 Å². The number of ether oxygens (including phenoxy) is 2. The fourth-order valence-electron chi connectivity index (χ4n) is 11.4. The van der Waals surface area contributed by atoms with E-state index in [4.69, 9.17) is 26.7 Å². The number of esters is 1. The van der Waals surface area contributed by atoms with Crippen molar-refractivity contribution in [2.45, 2.75) is 222 Å². The van der Waals surface area contributed by atoms with Crippen molar-refractivity contribution in [3.63, 3.8) is 0 Å². The number of nitrogens with two attached hydrogens (primary N) is 3. The van der Waals surface area contributed by atoms with E-state index in [1.165, 1.54) is 13.8 Å². The molecular formula is C69H101N17O28. The first-order valence-corrected chi connectivity index (χ1v) is 36.0. The number of fused-ring (bicyclic) bond motifs is 1. The zero-order chi connectivity index (χ0) is 86.0. The minimum absolute atomic E-state index is 0.0296. The number of rotatable bonds is 35. The van der Waals surface area contributed by atoms with Crippen LogP contribution in [0.2, 0.25) is 0 Å². The van der Waals surface area contributed by atoms with Gasteiger partial charge in [-0.1, -0.05) is 77.5 Å². The molecule has 0 bridgehead atoms. The largest absolute Gasteiger partial charge is 0.481 e. The van der Waals surface area contributed by atoms with E-state index >= 15 is 0 Å². The summed E-state index contributed by atoms with van der Waals surface area (Å²) in [4.78, 5) is 287. The van der Waals surface area contributed by atoms with Gasteiger partial charge in [-0.15, -0.1) is 0 Å². The molecule has 14 unspecified atom stereocenters. The number of H-pyrrole nitrogens is 1. The molecule has 0 radical (unpaired) electrons. The standard InChI is InChI=1S/C69H101N17O28/c1-8-9-10-11-12-13-14-19-45(89)76-39(24-34-28-73-36-18-16-15-17-35(34)36)61(103)78-38(21-23-49(94)95)60(102)84-53(55(98)57(72)99)66(108)83-52-33(5)114-69(112)51(31(2)3)82-59(101)37(20-22-48(92)93)79-62(104)40(25-43(70)87)77-46(90)29-74-65(107)54(56(113-7)68(110)111)85-64(106)41(26-44(71)88)81-63(105)42(27-50(96)97)80-58(100)32(4)75-47(91)30-86(6)67(52)109/h15-18,28,31-33,37-42,51-56,73,98H,8-14,19-27,29-30H2,1-7H3,(H2,70,87)(H2,71,88)(H2,72,99)(H,74,107)(H,75,91)(H,76,89)(H,77,90)(H,78,103)(H,79,104)(H,80,100)(H,81,105)(H,82,101)(H,83,108)(H,84,102)(H,85,106)(H,92,93)(H,94,95)(H,96,97)(H,110,111). The summed E-state index contributed by atoms with van der Waals surface area (Å²) in [5.74, 6) is -32.2. The number of likely N-dealkylation sites (N-methyl/N-ethyl adjacent to an activating group) is 1. The van der Waals surface area contributed by atoms with Crippen molar-refractivity contribution >= 4 is 135 Å². The Morgan fingerprint density at radius 3 is 1.72 bits per heavy atom. The quantitative estimate of drug-likeness (QED) is 0.0225. The molecule has 2 heterocycles. The number of aromatic nitrogens is 1. The van der Waals surface area contributed by atoms with Gasteiger partial charge in [-0.05, 0) is 50.7 Å². The van der Waals surface area contributed by atoms with Crippen LogP contribution in [-0.2, 0) is 117 Å². The molecule has 0 saturated carbocycles. The Kier molecular flexibility index (Phi) is 39.5. The number of carboxylic acids is 4. The van der Waals surface area contributed by atoms with Gasteiger partial charge in [0.2, 0.25) is 94.5 Å². The van der Waals surface area contributed by atoms with Crippen molar-refractivity contribution in [3.05, 3.63) is 36.0 Å². The summed E-state index contributed by atoms with van der Waals surface area (Å²) in [7, 11) is 1.60. The molecule has 2 aromatic rings. The zero-order valence-corrected chi connectivity index (χ0v) is 63.6. The molecule has 630 valence electrons. The number of para-hydroxylation sites is 1. The number of benzene rings is 1. The van der Waals surface area contributed by atoms with Crippen molar-refractivity contribution in [3.8, 4) is 0 Å². The normalized spacial score (nSPS) is 21.7. The fourth-order valence-corrected chi connectivity index (χ4v) is 11.4. The highest BCUT2D eigenvalue weighted by atomic mass is 16.5. The average molecular weight is 1620 g/mol. The lowest BCUT2D eigenvalue weighted by atomic mass is 10.0. The highest BCUT2D eigenvalue weighted by molar-refractivity contribution is 6.03. The van der Waals surface area contributed by atoms with E-state index in [1.54, 1.807) is 30.5 Å². The lowest BCUT2D eigenvalue weighted by Gasteiger charge is -2.32. The maximum absolute atomic E-state index is 14.9. The monoisotopic (exact) mass is 1620 g/mol. The van der Waals surface area contributed by atoms with Crippen LogP contribution in [0.4, 0.5) is 0 Å². The minimum atomic E-state index is -2.81. The molecule has 114 heavy (non-hydrogen) atoms. The first-order chi connectivity index (χ1) is 53.5. The Hall–Kier alpha value is -12.4. The van der Waals surface area contributed by atoms with E-state index < -0.39 is 273 Å². The number of hydrogen-bond acceptors (Lipinski definition) is 24. The Morgan fingerprint density at radius 1 is 0.605 bits per heavy atom. The number of primary amides is 3. The van der Waals surface area contributed by atoms with E-state index in [2.05, 4.69) is 43.8 Å². The maximum Gasteiger partial charge on any atom is 0.335 e. The first-order valence-electron chi connectivity index (χ1n) is 36.0. The number of carboxylic acid groups (broad SMARTS) is 4. The Labute approximate surface area is 651 Å². The average Bonchev–Trinajstić information content (AvgIpc) is 1.52. The van der Waals surface area contributed by atoms with Gasteiger partial charge in [0, 0.05) is 56.9 Å². The predicted octanol–water partition coefficient (Wildman–Crippen LogP) is -7.72. The molecule has 3 rings (SSSR count). The lowest BCUT2D eigenvalue weighted by Crippen LogP contribution is -2.64. The van der Waals surface area contributed by atoms with Crippen molar-refractivity contribution in [1.82, 2.24) is 73.7 Å². The smallest absolute Gasteiger partial charge is 0.335 e. The van der Waals surface area contributed by atoms with Crippen LogP contribution in [0.3, 0.4) is 0 Å². The minimum Gasteiger partial charge on any atom is -0.481 e. The third-order valence-electron chi connectivity index (χ3n) is 17.5. The second-order valence-electron chi connectivity index (χ2n) is 27.1. The fraction of sp³-hybridized carbons (Fsp3) is 0.580. The van der Waals surface area contributed by atoms with Crippen LogP contribution >= 0.6 is 0 Å². The van der Waals surface area contributed by atoms with Crippen molar-refractivity contribution in [2.24, 2.45) is 23.1 Å². The number of methoxy groups -OCH3 is 1. The highest BCUT2D eigenvalue weighted by Gasteiger charge is 2.44. The molecule has 1 aliphatic heterocycles. The number of nitrogens with one attached hydrogen (secondary N) is 13. The van der Waals surface area contributed by atoms with Gasteiger partial charge in [0.05, 0.1) is 32.4 Å². The van der Waals surface area contributed by atoms with Crippen LogP contribution in [0.25, 0.3) is 10.9 Å². The number of aliphatic hydroxyl groups is 1. The molecule has 45 nitrogen and oxygen atoms in total. The van der Waals surface area contributed by atoms with Crippen LogP contribution in [0.5, 0.6) is 0 Å². The molecule has 1 aromatic heterocycles. The van der Waals surface area contributed by atoms with Gasteiger partial charge >= 0.3 is 29.8 Å². The molecular weight excluding hydrogens is 1510 g/mol. The van der Waals surface area contributed by atoms with Gasteiger partial charge in [0.25, 0.3) is 0 Å². The number of aliphatic hydroxyl groups excluding tert-OH is 1. The van der Waals surface area contributed by atoms with E-state index in [9.17, 15) is 126 Å². The number of unbranched alkanes of at least 4 members (excludes halogenated alkanes) is 6. The second kappa shape index (κ2) is 47.0. The highest BCUT2D eigenvalue weighted by Crippen LogP contribution is 2.21. The van der Waals surface area contributed by atoms with Crippen LogP contribution in [0.15, 0.2) is 30.5 Å². The number of aliphatic carboxylic acids is 4. The number of aromatic amines is 1. The topological polar surface area (TPSA) is 720 Å². The summed E-state index contributed by atoms with van der Waals surface area (Å²) < 4.78 is 10.5. The molecule has 45 heteroatoms. The van der Waals surface area contributed by atoms with Gasteiger partial charge in [-0.3, -0.25) is 91.1 Å². The Morgan fingerprint density at radius 2 is 1.15 bits per heavy atom. The summed E-state index contributed by atoms with van der Waals surface area (Å²) in [5, 5.41) is 76.7. The Bertz CT molecular complexity index is 3870. The summed E-state index contributed by atoms with van der Waals surface area (Å²) >= 11 is 0. The summed E-state index contributed by atoms with van der Waals surface area (Å²) in [6.45, 7) is 4.04. The van der Waals surface area contributed by atoms with Gasteiger partial charge in [-0.2, -0.15) is 0 Å². The lowest BCUT2D eigenvalue weighted by molar-refractivity contribution is -0.159. The molecule has 0 aliphatic carbocycles. The number of carbonyl (C=O) groups is 21. The van der Waals surface area contributed by atoms with Gasteiger partial charge in [0.15, 0.2) is 12.2 Å². The van der Waals surface area contributed by atoms with Gasteiger partial charge in [0.1, 0.15) is 72.6 Å². The molecule has 0 spiro atoms. The number of carbonyl (C=O) groups excluding carboxylic acids is 17. The molecule has 24 N–H and O–H groups in total. The van der Waals surface area contributed by atoms with Gasteiger partial charge in [-0.25, -0.2) is 9.59 Å². The van der Waals surface area contributed by atoms with Crippen molar-refractivity contribution < 1.29 is 136 Å². The molecule has 1 saturated heterocycles. The summed E-state index contributed by atoms with van der Waals surface area (Å²) in [6.07, 6.45) is -7.17. The summed E-state index contributed by atoms with van der Waals surface area (Å²) in [6, 6.07) is -16.6. The molecule has 1 aromatic carbocycles. The van der Waals surface area contributed by atoms with Crippen molar-refractivity contribution in [1.29, 1.82) is 0 Å². The number of hydrogen-bond donors (Lipinski definition) is 21. The second-order valence-corrected chi connectivity index (χ2v) is 27.1. The number of nitrogens with zero attached hydrogens (tertiary/aromatic N) is 1. The van der Waals surface area contributed by atoms with Crippen LogP contribution < -0.4 is 81.0 Å². The maximum atomic E-state index is 14.9. The SMILES string of the molecule is CCCCCCCCCC(=O)NC(Cc1c[nH]c2ccccc12)C(=O)NC(CCC(=O)O)C(=O)NC(C(=O)NC1C(=O)N(C)CC(=O)NC(C)C(=O)NC(CC(=O)O)C(=O)NC(CC(N)=O)C(=O)NC(C(OC)C(=O)O)C(=O)NCC(=O)NC(CC(N)=O)C(=O)NC(CCC(=O)O)C(=O)NC(C(C)C)C(=O)OC1C)C(O)C(N)=O. The molecule has 16 amide bonds. The van der Waals surface area contributed by atoms with Gasteiger partial charge < -0.3 is 126 Å². The van der Waals surface area contributed by atoms with Crippen LogP contribution in [0.1, 0.15) is 136 Å². The predicted molar refractivity (Wildman–Crippen MR) is 390 cm³/mol. The third-order valence-corrected chi connectivity index (χ3v) is 17.5. The van der Waals surface area contributed by atoms with Crippen LogP contribution in [-0.4, -0.2) is 272 Å². The number of amides is 16. The van der Waals surface area contributed by atoms with E-state index in [1.807, 2.05) is 31.9 Å². The number of cyclic esters (lactones) is 1. The van der Waals surface area contributed by atoms with Crippen molar-refractivity contribution in [2.75, 3.05) is 27.2 Å².